The largest absolute Gasteiger partial charge is 0.300 e. The van der Waals surface area contributed by atoms with E-state index in [0.717, 1.165) is 50.7 Å². The van der Waals surface area contributed by atoms with Crippen LogP contribution in [-0.2, 0) is 0 Å². The summed E-state index contributed by atoms with van der Waals surface area (Å²) >= 11 is 0. The van der Waals surface area contributed by atoms with Crippen molar-refractivity contribution in [2.45, 2.75) is 166 Å². The molecule has 2 saturated heterocycles. The van der Waals surface area contributed by atoms with E-state index in [1.807, 2.05) is 4.90 Å². The van der Waals surface area contributed by atoms with Gasteiger partial charge in [-0.05, 0) is 112 Å². The average molecular weight is 571 g/mol. The first-order valence-corrected chi connectivity index (χ1v) is 16.8. The summed E-state index contributed by atoms with van der Waals surface area (Å²) in [5.41, 5.74) is 1.65. The molecule has 4 aliphatic rings. The number of alkyl halides is 2. The lowest BCUT2D eigenvalue weighted by molar-refractivity contribution is -0.0337. The van der Waals surface area contributed by atoms with E-state index in [9.17, 15) is 8.78 Å². The summed E-state index contributed by atoms with van der Waals surface area (Å²) in [6.07, 6.45) is 16.7. The Hall–Kier alpha value is -0.220. The molecule has 0 radical (unpaired) electrons. The van der Waals surface area contributed by atoms with Gasteiger partial charge in [0.15, 0.2) is 0 Å². The average Bonchev–Trinajstić information content (AvgIpc) is 2.81. The fourth-order valence-electron chi connectivity index (χ4n) is 6.86. The van der Waals surface area contributed by atoms with Crippen LogP contribution in [0.2, 0.25) is 0 Å². The molecule has 2 nitrogen and oxygen atoms in total. The molecule has 4 heteroatoms. The molecule has 0 atom stereocenters. The van der Waals surface area contributed by atoms with E-state index < -0.39 is 5.92 Å². The standard InChI is InChI=1S/C13H25N.C12H23F2N.C10H20.CH4/c1-11(2)13(3)7-9-14(10-8-13)12-5-4-6-12;1-10(2)11(3)5-7-15(8-6-11)9-12(4,13)14;1-9(2)10(3)7-5-4-6-8-10;/h11-12H,4-10H2,1-3H3;10H,5-9H2,1-4H3;9H,4-8H2,1-3H3;1H4. The van der Waals surface area contributed by atoms with Crippen LogP contribution < -0.4 is 0 Å². The third-order valence-corrected chi connectivity index (χ3v) is 12.2. The van der Waals surface area contributed by atoms with Gasteiger partial charge in [-0.25, -0.2) is 8.78 Å². The minimum absolute atomic E-state index is 0. The van der Waals surface area contributed by atoms with Crippen molar-refractivity contribution in [3.63, 3.8) is 0 Å². The van der Waals surface area contributed by atoms with Gasteiger partial charge < -0.3 is 4.90 Å². The second-order valence-electron chi connectivity index (χ2n) is 16.0. The first-order chi connectivity index (χ1) is 18.0. The highest BCUT2D eigenvalue weighted by Crippen LogP contribution is 2.42. The molecule has 240 valence electrons. The molecule has 0 aromatic carbocycles. The van der Waals surface area contributed by atoms with Gasteiger partial charge in [0.1, 0.15) is 0 Å². The molecule has 0 bridgehead atoms. The predicted molar refractivity (Wildman–Crippen MR) is 173 cm³/mol. The van der Waals surface area contributed by atoms with Gasteiger partial charge in [-0.2, -0.15) is 0 Å². The van der Waals surface area contributed by atoms with Crippen molar-refractivity contribution in [3.8, 4) is 0 Å². The first kappa shape index (κ1) is 37.8. The first-order valence-electron chi connectivity index (χ1n) is 16.8. The molecule has 0 unspecified atom stereocenters. The van der Waals surface area contributed by atoms with E-state index in [1.165, 1.54) is 77.3 Å². The van der Waals surface area contributed by atoms with Gasteiger partial charge in [0, 0.05) is 13.0 Å². The number of piperidine rings is 2. The fourth-order valence-corrected chi connectivity index (χ4v) is 6.86. The van der Waals surface area contributed by atoms with Gasteiger partial charge in [0.25, 0.3) is 5.92 Å². The molecule has 2 aliphatic carbocycles. The zero-order valence-corrected chi connectivity index (χ0v) is 28.0. The topological polar surface area (TPSA) is 6.48 Å². The molecule has 2 heterocycles. The Balaban J connectivity index is 0.000000302. The number of nitrogens with zero attached hydrogens (tertiary/aromatic N) is 2. The maximum Gasteiger partial charge on any atom is 0.257 e. The van der Waals surface area contributed by atoms with Crippen molar-refractivity contribution >= 4 is 0 Å². The van der Waals surface area contributed by atoms with E-state index in [4.69, 9.17) is 0 Å². The SMILES string of the molecule is C.CC(C)C1(C)CCCCC1.CC(C)C1(C)CCN(C2CCC2)CC1.CC(C)C1(C)CCN(CC(C)(F)F)CC1. The van der Waals surface area contributed by atoms with Crippen LogP contribution in [0.4, 0.5) is 8.78 Å². The van der Waals surface area contributed by atoms with Crippen LogP contribution in [0.1, 0.15) is 154 Å². The van der Waals surface area contributed by atoms with Crippen LogP contribution in [0.15, 0.2) is 0 Å². The highest BCUT2D eigenvalue weighted by atomic mass is 19.3. The van der Waals surface area contributed by atoms with Crippen LogP contribution in [0, 0.1) is 34.0 Å². The minimum atomic E-state index is -2.55. The Morgan fingerprint density at radius 2 is 1.00 bits per heavy atom. The van der Waals surface area contributed by atoms with E-state index in [2.05, 4.69) is 67.2 Å². The van der Waals surface area contributed by atoms with Gasteiger partial charge >= 0.3 is 0 Å². The van der Waals surface area contributed by atoms with E-state index in [1.54, 1.807) is 0 Å². The normalized spacial score (nSPS) is 25.3. The smallest absolute Gasteiger partial charge is 0.257 e. The zero-order valence-electron chi connectivity index (χ0n) is 28.0. The maximum absolute atomic E-state index is 12.8. The summed E-state index contributed by atoms with van der Waals surface area (Å²) in [5.74, 6) is -0.174. The molecular formula is C36H72F2N2. The maximum atomic E-state index is 12.8. The molecule has 4 fully saturated rings. The molecular weight excluding hydrogens is 498 g/mol. The van der Waals surface area contributed by atoms with Gasteiger partial charge in [0.05, 0.1) is 6.54 Å². The van der Waals surface area contributed by atoms with Gasteiger partial charge in [-0.3, -0.25) is 4.90 Å². The highest BCUT2D eigenvalue weighted by molar-refractivity contribution is 4.89. The summed E-state index contributed by atoms with van der Waals surface area (Å²) in [5, 5.41) is 0. The Labute approximate surface area is 250 Å². The van der Waals surface area contributed by atoms with Crippen LogP contribution in [0.3, 0.4) is 0 Å². The van der Waals surface area contributed by atoms with Crippen LogP contribution in [0.5, 0.6) is 0 Å². The summed E-state index contributed by atoms with van der Waals surface area (Å²) in [6, 6.07) is 0.965. The van der Waals surface area contributed by atoms with E-state index in [-0.39, 0.29) is 14.0 Å². The van der Waals surface area contributed by atoms with Gasteiger partial charge in [-0.1, -0.05) is 95.4 Å². The number of hydrogen-bond acceptors (Lipinski definition) is 2. The van der Waals surface area contributed by atoms with E-state index >= 15 is 0 Å². The summed E-state index contributed by atoms with van der Waals surface area (Å²) < 4.78 is 25.6. The quantitative estimate of drug-likeness (QED) is 0.313. The highest BCUT2D eigenvalue weighted by Gasteiger charge is 2.37. The lowest BCUT2D eigenvalue weighted by Crippen LogP contribution is -2.48. The number of halogens is 2. The number of hydrogen-bond donors (Lipinski definition) is 0. The second kappa shape index (κ2) is 16.0. The van der Waals surface area contributed by atoms with Gasteiger partial charge in [-0.15, -0.1) is 0 Å². The Bertz CT molecular complexity index is 669. The molecule has 2 aliphatic heterocycles. The monoisotopic (exact) mass is 571 g/mol. The fraction of sp³-hybridized carbons (Fsp3) is 1.00. The van der Waals surface area contributed by atoms with Crippen LogP contribution >= 0.6 is 0 Å². The number of rotatable bonds is 6. The molecule has 0 aromatic rings. The van der Waals surface area contributed by atoms with Crippen molar-refractivity contribution < 1.29 is 8.78 Å². The summed E-state index contributed by atoms with van der Waals surface area (Å²) in [6.45, 7) is 26.5. The minimum Gasteiger partial charge on any atom is -0.300 e. The Morgan fingerprint density at radius 1 is 0.625 bits per heavy atom. The van der Waals surface area contributed by atoms with Crippen molar-refractivity contribution in [2.75, 3.05) is 32.7 Å². The number of likely N-dealkylation sites (tertiary alicyclic amines) is 2. The molecule has 2 saturated carbocycles. The zero-order chi connectivity index (χ0) is 29.5. The molecule has 0 aromatic heterocycles. The summed E-state index contributed by atoms with van der Waals surface area (Å²) in [7, 11) is 0. The van der Waals surface area contributed by atoms with Crippen molar-refractivity contribution in [3.05, 3.63) is 0 Å². The van der Waals surface area contributed by atoms with Crippen molar-refractivity contribution in [1.82, 2.24) is 9.80 Å². The van der Waals surface area contributed by atoms with Crippen molar-refractivity contribution in [2.24, 2.45) is 34.0 Å². The third kappa shape index (κ3) is 11.5. The van der Waals surface area contributed by atoms with Crippen molar-refractivity contribution in [1.29, 1.82) is 0 Å². The lowest BCUT2D eigenvalue weighted by atomic mass is 9.69. The predicted octanol–water partition coefficient (Wildman–Crippen LogP) is 10.9. The van der Waals surface area contributed by atoms with E-state index in [0.29, 0.717) is 22.2 Å². The molecule has 4 rings (SSSR count). The molecule has 40 heavy (non-hydrogen) atoms. The Kier molecular flexibility index (Phi) is 15.1. The molecule has 0 spiro atoms. The second-order valence-corrected chi connectivity index (χ2v) is 16.0. The third-order valence-electron chi connectivity index (χ3n) is 12.2. The molecule has 0 amide bonds. The van der Waals surface area contributed by atoms with Gasteiger partial charge in [0.2, 0.25) is 0 Å². The van der Waals surface area contributed by atoms with Crippen LogP contribution in [-0.4, -0.2) is 54.5 Å². The summed E-state index contributed by atoms with van der Waals surface area (Å²) in [4.78, 5) is 4.64. The van der Waals surface area contributed by atoms with Crippen LogP contribution in [0.25, 0.3) is 0 Å². The lowest BCUT2D eigenvalue weighted by Gasteiger charge is -2.47. The Morgan fingerprint density at radius 3 is 1.30 bits per heavy atom. The molecule has 0 N–H and O–H groups in total.